The van der Waals surface area contributed by atoms with Crippen LogP contribution in [0, 0.1) is 0 Å². The summed E-state index contributed by atoms with van der Waals surface area (Å²) in [5.74, 6) is -1.05. The molecule has 0 spiro atoms. The smallest absolute Gasteiger partial charge is 0.352 e. The maximum atomic E-state index is 10.6. The Labute approximate surface area is 74.9 Å². The van der Waals surface area contributed by atoms with Gasteiger partial charge in [-0.3, -0.25) is 0 Å². The molecule has 0 saturated heterocycles. The molecule has 5 nitrogen and oxygen atoms in total. The fourth-order valence-electron chi connectivity index (χ4n) is 1.05. The molecule has 0 fully saturated rings. The van der Waals surface area contributed by atoms with Crippen molar-refractivity contribution in [3.05, 3.63) is 24.0 Å². The van der Waals surface area contributed by atoms with Crippen LogP contribution in [0.4, 0.5) is 0 Å². The second kappa shape index (κ2) is 4.06. The molecule has 1 atom stereocenters. The van der Waals surface area contributed by atoms with Crippen molar-refractivity contribution in [1.29, 1.82) is 0 Å². The molecule has 1 aromatic rings. The average molecular weight is 185 g/mol. The fourth-order valence-corrected chi connectivity index (χ4v) is 1.05. The number of carboxylic acids is 1. The van der Waals surface area contributed by atoms with Crippen LogP contribution in [0.1, 0.15) is 10.5 Å². The molecule has 0 amide bonds. The molecule has 72 valence electrons. The highest BCUT2D eigenvalue weighted by atomic mass is 16.4. The van der Waals surface area contributed by atoms with Gasteiger partial charge in [0, 0.05) is 6.20 Å². The van der Waals surface area contributed by atoms with Gasteiger partial charge in [-0.05, 0) is 12.1 Å². The predicted octanol–water partition coefficient (Wildman–Crippen LogP) is -0.461. The summed E-state index contributed by atoms with van der Waals surface area (Å²) in [6, 6.07) is 3.01. The van der Waals surface area contributed by atoms with Crippen LogP contribution < -0.4 is 0 Å². The molecule has 0 aliphatic rings. The summed E-state index contributed by atoms with van der Waals surface area (Å²) < 4.78 is 1.38. The van der Waals surface area contributed by atoms with Crippen molar-refractivity contribution in [2.45, 2.75) is 12.6 Å². The molecule has 1 rings (SSSR count). The van der Waals surface area contributed by atoms with Gasteiger partial charge < -0.3 is 19.9 Å². The zero-order valence-electron chi connectivity index (χ0n) is 6.92. The summed E-state index contributed by atoms with van der Waals surface area (Å²) in [6.07, 6.45) is 0.619. The van der Waals surface area contributed by atoms with Gasteiger partial charge >= 0.3 is 5.97 Å². The van der Waals surface area contributed by atoms with E-state index in [0.717, 1.165) is 0 Å². The largest absolute Gasteiger partial charge is 0.477 e. The Hall–Kier alpha value is -1.33. The van der Waals surface area contributed by atoms with Crippen LogP contribution >= 0.6 is 0 Å². The van der Waals surface area contributed by atoms with E-state index >= 15 is 0 Å². The van der Waals surface area contributed by atoms with E-state index in [-0.39, 0.29) is 18.8 Å². The van der Waals surface area contributed by atoms with E-state index in [9.17, 15) is 4.79 Å². The molecule has 0 radical (unpaired) electrons. The third-order valence-electron chi connectivity index (χ3n) is 1.67. The fraction of sp³-hybridized carbons (Fsp3) is 0.375. The molecule has 0 aliphatic heterocycles. The molecular weight excluding hydrogens is 174 g/mol. The summed E-state index contributed by atoms with van der Waals surface area (Å²) >= 11 is 0. The number of hydrogen-bond acceptors (Lipinski definition) is 3. The molecule has 1 heterocycles. The summed E-state index contributed by atoms with van der Waals surface area (Å²) in [5.41, 5.74) is 0.104. The molecule has 0 aromatic carbocycles. The number of aliphatic hydroxyl groups is 2. The van der Waals surface area contributed by atoms with E-state index in [1.54, 1.807) is 12.3 Å². The van der Waals surface area contributed by atoms with Crippen molar-refractivity contribution >= 4 is 5.97 Å². The first-order chi connectivity index (χ1) is 6.15. The number of nitrogens with zero attached hydrogens (tertiary/aromatic N) is 1. The molecule has 0 bridgehead atoms. The lowest BCUT2D eigenvalue weighted by atomic mass is 10.3. The second-order valence-electron chi connectivity index (χ2n) is 2.69. The zero-order valence-corrected chi connectivity index (χ0v) is 6.92. The Kier molecular flexibility index (Phi) is 3.05. The minimum atomic E-state index is -1.05. The maximum absolute atomic E-state index is 10.6. The van der Waals surface area contributed by atoms with Crippen molar-refractivity contribution < 1.29 is 20.1 Å². The molecule has 13 heavy (non-hydrogen) atoms. The lowest BCUT2D eigenvalue weighted by Crippen LogP contribution is -2.21. The standard InChI is InChI=1S/C8H11NO4/c10-5-6(11)4-9-3-1-2-7(9)8(12)13/h1-3,6,10-11H,4-5H2,(H,12,13). The number of rotatable bonds is 4. The monoisotopic (exact) mass is 185 g/mol. The SMILES string of the molecule is O=C(O)c1cccn1CC(O)CO. The Morgan fingerprint density at radius 3 is 2.85 bits per heavy atom. The topological polar surface area (TPSA) is 82.7 Å². The summed E-state index contributed by atoms with van der Waals surface area (Å²) in [6.45, 7) is -0.289. The molecule has 1 unspecified atom stereocenters. The van der Waals surface area contributed by atoms with Gasteiger partial charge in [0.2, 0.25) is 0 Å². The number of aliphatic hydroxyl groups excluding tert-OH is 2. The number of carboxylic acid groups (broad SMARTS) is 1. The van der Waals surface area contributed by atoms with Crippen molar-refractivity contribution in [3.63, 3.8) is 0 Å². The summed E-state index contributed by atoms with van der Waals surface area (Å²) in [7, 11) is 0. The van der Waals surface area contributed by atoms with Gasteiger partial charge in [-0.1, -0.05) is 0 Å². The van der Waals surface area contributed by atoms with Crippen molar-refractivity contribution in [3.8, 4) is 0 Å². The second-order valence-corrected chi connectivity index (χ2v) is 2.69. The number of aromatic carboxylic acids is 1. The van der Waals surface area contributed by atoms with E-state index in [4.69, 9.17) is 15.3 Å². The van der Waals surface area contributed by atoms with Gasteiger partial charge in [0.25, 0.3) is 0 Å². The van der Waals surface area contributed by atoms with Crippen LogP contribution in [0.3, 0.4) is 0 Å². The highest BCUT2D eigenvalue weighted by Crippen LogP contribution is 2.03. The van der Waals surface area contributed by atoms with Gasteiger partial charge in [0.15, 0.2) is 0 Å². The molecule has 1 aromatic heterocycles. The Balaban J connectivity index is 2.76. The number of hydrogen-bond donors (Lipinski definition) is 3. The summed E-state index contributed by atoms with van der Waals surface area (Å²) in [5, 5.41) is 26.3. The Morgan fingerprint density at radius 1 is 1.62 bits per heavy atom. The van der Waals surface area contributed by atoms with Gasteiger partial charge in [-0.15, -0.1) is 0 Å². The third kappa shape index (κ3) is 2.30. The average Bonchev–Trinajstić information content (AvgIpc) is 2.52. The summed E-state index contributed by atoms with van der Waals surface area (Å²) in [4.78, 5) is 10.6. The molecule has 3 N–H and O–H groups in total. The minimum Gasteiger partial charge on any atom is -0.477 e. The molecule has 5 heteroatoms. The highest BCUT2D eigenvalue weighted by molar-refractivity contribution is 5.85. The number of aromatic nitrogens is 1. The Bertz CT molecular complexity index is 294. The van der Waals surface area contributed by atoms with E-state index in [1.165, 1.54) is 10.6 Å². The van der Waals surface area contributed by atoms with Crippen LogP contribution in [0.2, 0.25) is 0 Å². The molecule has 0 saturated carbocycles. The number of carbonyl (C=O) groups is 1. The van der Waals surface area contributed by atoms with Gasteiger partial charge in [0.05, 0.1) is 19.3 Å². The van der Waals surface area contributed by atoms with Crippen LogP contribution in [0.15, 0.2) is 18.3 Å². The molecule has 0 aliphatic carbocycles. The highest BCUT2D eigenvalue weighted by Gasteiger charge is 2.11. The van der Waals surface area contributed by atoms with Crippen molar-refractivity contribution in [2.24, 2.45) is 0 Å². The van der Waals surface area contributed by atoms with Crippen molar-refractivity contribution in [1.82, 2.24) is 4.57 Å². The van der Waals surface area contributed by atoms with E-state index in [2.05, 4.69) is 0 Å². The van der Waals surface area contributed by atoms with Gasteiger partial charge in [-0.25, -0.2) is 4.79 Å². The van der Waals surface area contributed by atoms with Gasteiger partial charge in [-0.2, -0.15) is 0 Å². The van der Waals surface area contributed by atoms with E-state index in [1.807, 2.05) is 0 Å². The third-order valence-corrected chi connectivity index (χ3v) is 1.67. The minimum absolute atomic E-state index is 0.0884. The predicted molar refractivity (Wildman–Crippen MR) is 44.5 cm³/mol. The lowest BCUT2D eigenvalue weighted by Gasteiger charge is -2.09. The first-order valence-electron chi connectivity index (χ1n) is 3.82. The van der Waals surface area contributed by atoms with E-state index < -0.39 is 12.1 Å². The maximum Gasteiger partial charge on any atom is 0.352 e. The van der Waals surface area contributed by atoms with Crippen LogP contribution in [0.5, 0.6) is 0 Å². The van der Waals surface area contributed by atoms with E-state index in [0.29, 0.717) is 0 Å². The first kappa shape index (κ1) is 9.76. The van der Waals surface area contributed by atoms with Crippen molar-refractivity contribution in [2.75, 3.05) is 6.61 Å². The Morgan fingerprint density at radius 2 is 2.31 bits per heavy atom. The first-order valence-corrected chi connectivity index (χ1v) is 3.82. The van der Waals surface area contributed by atoms with Crippen LogP contribution in [0.25, 0.3) is 0 Å². The van der Waals surface area contributed by atoms with Gasteiger partial charge in [0.1, 0.15) is 5.69 Å². The molecular formula is C8H11NO4. The quantitative estimate of drug-likeness (QED) is 0.592. The van der Waals surface area contributed by atoms with Crippen LogP contribution in [-0.2, 0) is 6.54 Å². The van der Waals surface area contributed by atoms with Crippen LogP contribution in [-0.4, -0.2) is 38.6 Å². The normalized spacial score (nSPS) is 12.8. The lowest BCUT2D eigenvalue weighted by molar-refractivity contribution is 0.0655. The zero-order chi connectivity index (χ0) is 9.84.